The second kappa shape index (κ2) is 3.73. The van der Waals surface area contributed by atoms with Crippen LogP contribution < -0.4 is 0 Å². The second-order valence-corrected chi connectivity index (χ2v) is 6.50. The Hall–Kier alpha value is -1.11. The quantitative estimate of drug-likeness (QED) is 0.599. The number of hydrogen-bond acceptors (Lipinski definition) is 1. The average Bonchev–Trinajstić information content (AvgIpc) is 2.04. The molecule has 1 rings (SSSR count). The van der Waals surface area contributed by atoms with Gasteiger partial charge in [0.15, 0.2) is 5.78 Å². The summed E-state index contributed by atoms with van der Waals surface area (Å²) in [5.41, 5.74) is 3.07. The number of carbonyl (C=O) groups is 1. The molecule has 1 nitrogen and oxygen atoms in total. The van der Waals surface area contributed by atoms with Crippen molar-refractivity contribution in [1.82, 2.24) is 0 Å². The summed E-state index contributed by atoms with van der Waals surface area (Å²) in [7, 11) is 0. The van der Waals surface area contributed by atoms with Crippen LogP contribution in [0.25, 0.3) is 0 Å². The Morgan fingerprint density at radius 1 is 0.875 bits per heavy atom. The predicted molar refractivity (Wildman–Crippen MR) is 69.2 cm³/mol. The third-order valence-electron chi connectivity index (χ3n) is 2.84. The topological polar surface area (TPSA) is 17.1 Å². The molecule has 0 aromatic heterocycles. The Bertz CT molecular complexity index is 356. The molecule has 0 unspecified atom stereocenters. The van der Waals surface area contributed by atoms with Gasteiger partial charge in [-0.05, 0) is 39.7 Å². The zero-order chi connectivity index (χ0) is 12.7. The molecule has 16 heavy (non-hydrogen) atoms. The summed E-state index contributed by atoms with van der Waals surface area (Å²) < 4.78 is 0. The van der Waals surface area contributed by atoms with Crippen molar-refractivity contribution in [3.63, 3.8) is 0 Å². The summed E-state index contributed by atoms with van der Waals surface area (Å²) in [4.78, 5) is 11.7. The van der Waals surface area contributed by atoms with Crippen LogP contribution in [0.3, 0.4) is 0 Å². The largest absolute Gasteiger partial charge is 0.290 e. The van der Waals surface area contributed by atoms with E-state index in [0.29, 0.717) is 0 Å². The van der Waals surface area contributed by atoms with Crippen LogP contribution in [0.15, 0.2) is 35.5 Å². The fourth-order valence-corrected chi connectivity index (χ4v) is 1.98. The van der Waals surface area contributed by atoms with Gasteiger partial charge < -0.3 is 0 Å². The SMILES string of the molecule is C=C1C(C(C)(C)C)=CC(=O)C=C1C(C)(C)C. The Morgan fingerprint density at radius 2 is 1.19 bits per heavy atom. The third kappa shape index (κ3) is 2.52. The van der Waals surface area contributed by atoms with E-state index in [1.54, 1.807) is 12.2 Å². The molecule has 0 radical (unpaired) electrons. The molecule has 1 aliphatic rings. The van der Waals surface area contributed by atoms with Crippen LogP contribution in [0.2, 0.25) is 0 Å². The highest BCUT2D eigenvalue weighted by atomic mass is 16.1. The summed E-state index contributed by atoms with van der Waals surface area (Å²) in [6.07, 6.45) is 3.44. The van der Waals surface area contributed by atoms with Crippen molar-refractivity contribution in [2.75, 3.05) is 0 Å². The zero-order valence-electron chi connectivity index (χ0n) is 11.3. The molecule has 88 valence electrons. The summed E-state index contributed by atoms with van der Waals surface area (Å²) in [6.45, 7) is 16.8. The van der Waals surface area contributed by atoms with Crippen LogP contribution in [-0.2, 0) is 4.79 Å². The van der Waals surface area contributed by atoms with Crippen molar-refractivity contribution >= 4 is 5.78 Å². The first-order valence-corrected chi connectivity index (χ1v) is 5.71. The fourth-order valence-electron chi connectivity index (χ4n) is 1.98. The molecule has 0 spiro atoms. The van der Waals surface area contributed by atoms with Crippen molar-refractivity contribution in [2.24, 2.45) is 10.8 Å². The van der Waals surface area contributed by atoms with E-state index < -0.39 is 0 Å². The van der Waals surface area contributed by atoms with Crippen molar-refractivity contribution in [2.45, 2.75) is 41.5 Å². The Kier molecular flexibility index (Phi) is 3.02. The van der Waals surface area contributed by atoms with Crippen molar-refractivity contribution in [1.29, 1.82) is 0 Å². The standard InChI is InChI=1S/C15H22O/c1-10-12(14(2,3)4)8-11(16)9-13(10)15(5,6)7/h8-9H,1H2,2-7H3. The average molecular weight is 218 g/mol. The molecule has 0 bridgehead atoms. The number of carbonyl (C=O) groups excluding carboxylic acids is 1. The maximum absolute atomic E-state index is 11.7. The summed E-state index contributed by atoms with van der Waals surface area (Å²) in [5.74, 6) is 0.0854. The van der Waals surface area contributed by atoms with Crippen LogP contribution >= 0.6 is 0 Å². The Balaban J connectivity index is 3.24. The van der Waals surface area contributed by atoms with E-state index in [9.17, 15) is 4.79 Å². The van der Waals surface area contributed by atoms with Crippen LogP contribution in [0.1, 0.15) is 41.5 Å². The smallest absolute Gasteiger partial charge is 0.179 e. The lowest BCUT2D eigenvalue weighted by molar-refractivity contribution is -0.110. The van der Waals surface area contributed by atoms with Gasteiger partial charge in [0.25, 0.3) is 0 Å². The van der Waals surface area contributed by atoms with Crippen molar-refractivity contribution in [3.8, 4) is 0 Å². The van der Waals surface area contributed by atoms with Crippen molar-refractivity contribution in [3.05, 3.63) is 35.5 Å². The maximum atomic E-state index is 11.7. The van der Waals surface area contributed by atoms with E-state index >= 15 is 0 Å². The zero-order valence-corrected chi connectivity index (χ0v) is 11.3. The Morgan fingerprint density at radius 3 is 1.44 bits per heavy atom. The highest BCUT2D eigenvalue weighted by Crippen LogP contribution is 2.42. The summed E-state index contributed by atoms with van der Waals surface area (Å²) in [6, 6.07) is 0. The molecule has 1 heteroatoms. The summed E-state index contributed by atoms with van der Waals surface area (Å²) in [5, 5.41) is 0. The van der Waals surface area contributed by atoms with Gasteiger partial charge in [-0.2, -0.15) is 0 Å². The van der Waals surface area contributed by atoms with Gasteiger partial charge in [0, 0.05) is 0 Å². The minimum absolute atomic E-state index is 0.0303. The molecule has 0 saturated heterocycles. The molecule has 0 aromatic carbocycles. The predicted octanol–water partition coefficient (Wildman–Crippen LogP) is 4.07. The fraction of sp³-hybridized carbons (Fsp3) is 0.533. The monoisotopic (exact) mass is 218 g/mol. The molecule has 1 aliphatic carbocycles. The normalized spacial score (nSPS) is 18.4. The number of ketones is 1. The maximum Gasteiger partial charge on any atom is 0.179 e. The molecule has 0 saturated carbocycles. The van der Waals surface area contributed by atoms with E-state index in [-0.39, 0.29) is 16.6 Å². The number of allylic oxidation sites excluding steroid dienone is 5. The second-order valence-electron chi connectivity index (χ2n) is 6.50. The van der Waals surface area contributed by atoms with Crippen LogP contribution in [0, 0.1) is 10.8 Å². The van der Waals surface area contributed by atoms with E-state index in [4.69, 9.17) is 0 Å². The van der Waals surface area contributed by atoms with E-state index in [0.717, 1.165) is 16.7 Å². The molecule has 0 heterocycles. The van der Waals surface area contributed by atoms with Gasteiger partial charge >= 0.3 is 0 Å². The highest BCUT2D eigenvalue weighted by molar-refractivity contribution is 6.03. The molecule has 0 fully saturated rings. The lowest BCUT2D eigenvalue weighted by Crippen LogP contribution is -2.22. The molecule has 0 atom stereocenters. The first-order valence-electron chi connectivity index (χ1n) is 5.71. The van der Waals surface area contributed by atoms with Gasteiger partial charge in [0.05, 0.1) is 0 Å². The first kappa shape index (κ1) is 13.0. The molecule has 0 amide bonds. The molecular weight excluding hydrogens is 196 g/mol. The van der Waals surface area contributed by atoms with E-state index in [1.807, 2.05) is 0 Å². The van der Waals surface area contributed by atoms with Crippen LogP contribution in [-0.4, -0.2) is 5.78 Å². The van der Waals surface area contributed by atoms with Crippen LogP contribution in [0.4, 0.5) is 0 Å². The highest BCUT2D eigenvalue weighted by Gasteiger charge is 2.30. The van der Waals surface area contributed by atoms with Gasteiger partial charge in [0.2, 0.25) is 0 Å². The minimum Gasteiger partial charge on any atom is -0.290 e. The molecule has 0 N–H and O–H groups in total. The van der Waals surface area contributed by atoms with E-state index in [1.165, 1.54) is 0 Å². The van der Waals surface area contributed by atoms with Crippen molar-refractivity contribution < 1.29 is 4.79 Å². The number of rotatable bonds is 0. The van der Waals surface area contributed by atoms with E-state index in [2.05, 4.69) is 48.1 Å². The van der Waals surface area contributed by atoms with Gasteiger partial charge in [-0.1, -0.05) is 48.1 Å². The van der Waals surface area contributed by atoms with Crippen LogP contribution in [0.5, 0.6) is 0 Å². The lowest BCUT2D eigenvalue weighted by Gasteiger charge is -2.33. The van der Waals surface area contributed by atoms with Gasteiger partial charge in [-0.25, -0.2) is 0 Å². The van der Waals surface area contributed by atoms with Gasteiger partial charge in [-0.3, -0.25) is 4.79 Å². The molecule has 0 aromatic rings. The Labute approximate surface area is 98.9 Å². The lowest BCUT2D eigenvalue weighted by atomic mass is 9.71. The minimum atomic E-state index is -0.0303. The third-order valence-corrected chi connectivity index (χ3v) is 2.84. The van der Waals surface area contributed by atoms with Gasteiger partial charge in [0.1, 0.15) is 0 Å². The summed E-state index contributed by atoms with van der Waals surface area (Å²) >= 11 is 0. The molecule has 0 aliphatic heterocycles. The first-order chi connectivity index (χ1) is 7.03. The van der Waals surface area contributed by atoms with Gasteiger partial charge in [-0.15, -0.1) is 0 Å². The molecular formula is C15H22O. The number of hydrogen-bond donors (Lipinski definition) is 0.